The molecule has 1 atom stereocenters. The van der Waals surface area contributed by atoms with Gasteiger partial charge in [-0.15, -0.1) is 0 Å². The molecule has 1 heterocycles. The molecule has 0 fully saturated rings. The number of hydrogen-bond donors (Lipinski definition) is 1. The summed E-state index contributed by atoms with van der Waals surface area (Å²) in [5, 5.41) is 8.97. The van der Waals surface area contributed by atoms with Crippen molar-refractivity contribution in [1.82, 2.24) is 0 Å². The molecular formula is C7H6BO2. The summed E-state index contributed by atoms with van der Waals surface area (Å²) in [6.07, 6.45) is -0.752. The molecule has 0 amide bonds. The first kappa shape index (κ1) is 5.80. The van der Waals surface area contributed by atoms with E-state index in [9.17, 15) is 0 Å². The van der Waals surface area contributed by atoms with E-state index >= 15 is 0 Å². The average molecular weight is 133 g/mol. The van der Waals surface area contributed by atoms with Crippen molar-refractivity contribution in [3.63, 3.8) is 0 Å². The number of para-hydroxylation sites is 1. The second kappa shape index (κ2) is 2.02. The van der Waals surface area contributed by atoms with Crippen molar-refractivity contribution in [2.24, 2.45) is 0 Å². The van der Waals surface area contributed by atoms with Gasteiger partial charge in [0.15, 0.2) is 6.19 Å². The minimum atomic E-state index is -0.752. The molecule has 49 valence electrons. The summed E-state index contributed by atoms with van der Waals surface area (Å²) in [4.78, 5) is 0. The van der Waals surface area contributed by atoms with Gasteiger partial charge in [-0.1, -0.05) is 18.2 Å². The van der Waals surface area contributed by atoms with Crippen molar-refractivity contribution >= 4 is 12.7 Å². The fourth-order valence-electron chi connectivity index (χ4n) is 1.04. The van der Waals surface area contributed by atoms with E-state index in [1.807, 2.05) is 24.3 Å². The molecular weight excluding hydrogens is 127 g/mol. The summed E-state index contributed by atoms with van der Waals surface area (Å²) in [5.41, 5.74) is 0.968. The number of ether oxygens (including phenoxy) is 1. The van der Waals surface area contributed by atoms with Gasteiger partial charge >= 0.3 is 0 Å². The Morgan fingerprint density at radius 3 is 3.00 bits per heavy atom. The third-order valence-corrected chi connectivity index (χ3v) is 1.49. The fourth-order valence-corrected chi connectivity index (χ4v) is 1.04. The molecule has 0 aromatic heterocycles. The van der Waals surface area contributed by atoms with E-state index in [2.05, 4.69) is 0 Å². The number of hydrogen-bond acceptors (Lipinski definition) is 2. The highest BCUT2D eigenvalue weighted by Crippen LogP contribution is 2.12. The van der Waals surface area contributed by atoms with Crippen LogP contribution in [0.1, 0.15) is 0 Å². The molecule has 1 unspecified atom stereocenters. The Labute approximate surface area is 59.7 Å². The van der Waals surface area contributed by atoms with Gasteiger partial charge in [0.05, 0.1) is 0 Å². The first-order valence-electron chi connectivity index (χ1n) is 3.15. The van der Waals surface area contributed by atoms with Crippen molar-refractivity contribution in [2.75, 3.05) is 0 Å². The lowest BCUT2D eigenvalue weighted by molar-refractivity contribution is 0.0600. The highest BCUT2D eigenvalue weighted by molar-refractivity contribution is 6.56. The van der Waals surface area contributed by atoms with Gasteiger partial charge in [-0.25, -0.2) is 0 Å². The van der Waals surface area contributed by atoms with Crippen molar-refractivity contribution in [3.8, 4) is 5.75 Å². The Morgan fingerprint density at radius 2 is 2.20 bits per heavy atom. The fraction of sp³-hybridized carbons (Fsp3) is 0.143. The van der Waals surface area contributed by atoms with Crippen molar-refractivity contribution in [2.45, 2.75) is 6.19 Å². The van der Waals surface area contributed by atoms with Gasteiger partial charge in [-0.2, -0.15) is 0 Å². The highest BCUT2D eigenvalue weighted by atomic mass is 16.6. The molecule has 0 aliphatic carbocycles. The molecule has 1 aliphatic heterocycles. The summed E-state index contributed by atoms with van der Waals surface area (Å²) < 4.78 is 5.01. The topological polar surface area (TPSA) is 29.5 Å². The van der Waals surface area contributed by atoms with Gasteiger partial charge in [0, 0.05) is 0 Å². The normalized spacial score (nSPS) is 21.1. The van der Waals surface area contributed by atoms with Crippen LogP contribution in [0.25, 0.3) is 0 Å². The molecule has 0 spiro atoms. The largest absolute Gasteiger partial charge is 0.474 e. The predicted octanol–water partition coefficient (Wildman–Crippen LogP) is -0.316. The molecule has 1 radical (unpaired) electrons. The highest BCUT2D eigenvalue weighted by Gasteiger charge is 2.20. The van der Waals surface area contributed by atoms with E-state index in [4.69, 9.17) is 9.84 Å². The smallest absolute Gasteiger partial charge is 0.248 e. The first-order valence-corrected chi connectivity index (χ1v) is 3.15. The minimum absolute atomic E-state index is 0.752. The summed E-state index contributed by atoms with van der Waals surface area (Å²) in [5.74, 6) is 0.759. The van der Waals surface area contributed by atoms with E-state index in [1.54, 1.807) is 7.28 Å². The van der Waals surface area contributed by atoms with Crippen LogP contribution in [-0.4, -0.2) is 18.6 Å². The maximum atomic E-state index is 8.97. The molecule has 10 heavy (non-hydrogen) atoms. The number of fused-ring (bicyclic) bond motifs is 1. The quantitative estimate of drug-likeness (QED) is 0.491. The third-order valence-electron chi connectivity index (χ3n) is 1.49. The lowest BCUT2D eigenvalue weighted by atomic mass is 9.71. The van der Waals surface area contributed by atoms with Crippen molar-refractivity contribution in [3.05, 3.63) is 24.3 Å². The predicted molar refractivity (Wildman–Crippen MR) is 38.5 cm³/mol. The van der Waals surface area contributed by atoms with Gasteiger partial charge in [0.25, 0.3) is 0 Å². The monoisotopic (exact) mass is 133 g/mol. The Bertz CT molecular complexity index is 224. The first-order chi connectivity index (χ1) is 4.86. The molecule has 1 N–H and O–H groups in total. The number of aliphatic hydroxyl groups excluding tert-OH is 1. The van der Waals surface area contributed by atoms with E-state index in [1.165, 1.54) is 0 Å². The zero-order valence-corrected chi connectivity index (χ0v) is 5.32. The second-order valence-electron chi connectivity index (χ2n) is 2.21. The third kappa shape index (κ3) is 0.791. The number of benzene rings is 1. The lowest BCUT2D eigenvalue weighted by Gasteiger charge is -2.00. The molecule has 2 rings (SSSR count). The van der Waals surface area contributed by atoms with Crippen LogP contribution in [-0.2, 0) is 0 Å². The summed E-state index contributed by atoms with van der Waals surface area (Å²) >= 11 is 0. The molecule has 1 aliphatic rings. The molecule has 2 nitrogen and oxygen atoms in total. The van der Waals surface area contributed by atoms with Crippen molar-refractivity contribution in [1.29, 1.82) is 0 Å². The van der Waals surface area contributed by atoms with Crippen LogP contribution in [0.3, 0.4) is 0 Å². The van der Waals surface area contributed by atoms with Gasteiger partial charge in [-0.3, -0.25) is 0 Å². The molecule has 1 aromatic rings. The summed E-state index contributed by atoms with van der Waals surface area (Å²) in [6, 6.07) is 7.54. The molecule has 1 aromatic carbocycles. The van der Waals surface area contributed by atoms with Crippen LogP contribution < -0.4 is 10.2 Å². The van der Waals surface area contributed by atoms with E-state index < -0.39 is 6.19 Å². The lowest BCUT2D eigenvalue weighted by Crippen LogP contribution is -2.21. The Morgan fingerprint density at radius 1 is 1.40 bits per heavy atom. The number of aliphatic hydroxyl groups is 1. The molecule has 3 heteroatoms. The maximum absolute atomic E-state index is 8.97. The van der Waals surface area contributed by atoms with Gasteiger partial charge in [0.2, 0.25) is 7.28 Å². The maximum Gasteiger partial charge on any atom is 0.248 e. The Hall–Kier alpha value is -0.955. The Kier molecular flexibility index (Phi) is 1.17. The van der Waals surface area contributed by atoms with Crippen LogP contribution in [0.5, 0.6) is 5.75 Å². The zero-order chi connectivity index (χ0) is 6.97. The van der Waals surface area contributed by atoms with Crippen molar-refractivity contribution < 1.29 is 9.84 Å². The van der Waals surface area contributed by atoms with Crippen LogP contribution in [0, 0.1) is 0 Å². The Balaban J connectivity index is 2.42. The van der Waals surface area contributed by atoms with Crippen LogP contribution in [0.4, 0.5) is 0 Å². The average Bonchev–Trinajstić information content (AvgIpc) is 2.27. The standard InChI is InChI=1S/C7H6BO2/c9-7-8-5-3-1-2-4-6(5)10-7/h1-4,7,9H. The van der Waals surface area contributed by atoms with Gasteiger partial charge < -0.3 is 9.84 Å². The molecule has 0 saturated heterocycles. The second-order valence-corrected chi connectivity index (χ2v) is 2.21. The van der Waals surface area contributed by atoms with E-state index in [0.717, 1.165) is 11.2 Å². The van der Waals surface area contributed by atoms with Gasteiger partial charge in [-0.05, 0) is 11.5 Å². The molecule has 0 bridgehead atoms. The summed E-state index contributed by atoms with van der Waals surface area (Å²) in [7, 11) is 1.68. The van der Waals surface area contributed by atoms with E-state index in [0.29, 0.717) is 0 Å². The summed E-state index contributed by atoms with van der Waals surface area (Å²) in [6.45, 7) is 0. The number of rotatable bonds is 0. The SMILES string of the molecule is OC1[B]c2ccccc2O1. The van der Waals surface area contributed by atoms with E-state index in [-0.39, 0.29) is 0 Å². The zero-order valence-electron chi connectivity index (χ0n) is 5.32. The molecule has 0 saturated carbocycles. The van der Waals surface area contributed by atoms with Crippen LogP contribution in [0.2, 0.25) is 0 Å². The van der Waals surface area contributed by atoms with Crippen LogP contribution in [0.15, 0.2) is 24.3 Å². The minimum Gasteiger partial charge on any atom is -0.474 e. The van der Waals surface area contributed by atoms with Crippen LogP contribution >= 0.6 is 0 Å². The van der Waals surface area contributed by atoms with Gasteiger partial charge in [0.1, 0.15) is 5.75 Å².